The fourth-order valence-electron chi connectivity index (χ4n) is 2.35. The Morgan fingerprint density at radius 2 is 2.00 bits per heavy atom. The zero-order valence-corrected chi connectivity index (χ0v) is 10.6. The summed E-state index contributed by atoms with van der Waals surface area (Å²) >= 11 is 0. The Bertz CT molecular complexity index is 254. The summed E-state index contributed by atoms with van der Waals surface area (Å²) in [4.78, 5) is 15.9. The van der Waals surface area contributed by atoms with Gasteiger partial charge in [-0.25, -0.2) is 0 Å². The second kappa shape index (κ2) is 6.33. The van der Waals surface area contributed by atoms with Crippen LogP contribution in [0.1, 0.15) is 13.3 Å². The van der Waals surface area contributed by atoms with Gasteiger partial charge in [0.2, 0.25) is 5.91 Å². The number of carbonyl (C=O) groups excluding carboxylic acids is 1. The van der Waals surface area contributed by atoms with Gasteiger partial charge in [0.15, 0.2) is 0 Å². The first kappa shape index (κ1) is 12.8. The summed E-state index contributed by atoms with van der Waals surface area (Å²) in [5.41, 5.74) is 0. The minimum Gasteiger partial charge on any atom is -0.379 e. The van der Waals surface area contributed by atoms with Gasteiger partial charge in [-0.2, -0.15) is 0 Å². The number of hydrogen-bond acceptors (Lipinski definition) is 4. The molecule has 2 fully saturated rings. The molecule has 0 aromatic heterocycles. The van der Waals surface area contributed by atoms with E-state index in [2.05, 4.69) is 4.90 Å². The van der Waals surface area contributed by atoms with Crippen LogP contribution in [0.4, 0.5) is 0 Å². The van der Waals surface area contributed by atoms with Gasteiger partial charge in [0.05, 0.1) is 25.9 Å². The fraction of sp³-hybridized carbons (Fsp3) is 0.917. The van der Waals surface area contributed by atoms with E-state index < -0.39 is 0 Å². The summed E-state index contributed by atoms with van der Waals surface area (Å²) in [7, 11) is 0. The Morgan fingerprint density at radius 3 is 2.71 bits per heavy atom. The van der Waals surface area contributed by atoms with E-state index in [9.17, 15) is 4.79 Å². The second-order valence-electron chi connectivity index (χ2n) is 4.60. The molecule has 1 unspecified atom stereocenters. The first-order valence-corrected chi connectivity index (χ1v) is 6.49. The average molecular weight is 242 g/mol. The Hall–Kier alpha value is -0.650. The van der Waals surface area contributed by atoms with Crippen molar-refractivity contribution in [2.24, 2.45) is 0 Å². The molecule has 1 atom stereocenters. The Morgan fingerprint density at radius 1 is 1.24 bits per heavy atom. The van der Waals surface area contributed by atoms with Gasteiger partial charge in [0.25, 0.3) is 0 Å². The molecule has 2 heterocycles. The van der Waals surface area contributed by atoms with Gasteiger partial charge in [-0.1, -0.05) is 6.92 Å². The third-order valence-electron chi connectivity index (χ3n) is 3.36. The van der Waals surface area contributed by atoms with Crippen molar-refractivity contribution in [2.75, 3.05) is 52.5 Å². The maximum Gasteiger partial charge on any atom is 0.222 e. The number of hydrogen-bond donors (Lipinski definition) is 0. The van der Waals surface area contributed by atoms with Crippen LogP contribution >= 0.6 is 0 Å². The summed E-state index contributed by atoms with van der Waals surface area (Å²) in [6.07, 6.45) is 0.752. The molecule has 0 N–H and O–H groups in total. The molecule has 98 valence electrons. The van der Waals surface area contributed by atoms with Crippen molar-refractivity contribution in [1.82, 2.24) is 9.80 Å². The van der Waals surface area contributed by atoms with Gasteiger partial charge in [-0.05, 0) is 0 Å². The van der Waals surface area contributed by atoms with Crippen molar-refractivity contribution in [2.45, 2.75) is 19.4 Å². The molecule has 5 heteroatoms. The van der Waals surface area contributed by atoms with Crippen LogP contribution in [0.25, 0.3) is 0 Å². The highest BCUT2D eigenvalue weighted by atomic mass is 16.5. The van der Waals surface area contributed by atoms with Crippen LogP contribution in [0.2, 0.25) is 0 Å². The summed E-state index contributed by atoms with van der Waals surface area (Å²) < 4.78 is 11.0. The van der Waals surface area contributed by atoms with Crippen molar-refractivity contribution in [3.63, 3.8) is 0 Å². The number of amides is 1. The average Bonchev–Trinajstić information content (AvgIpc) is 2.39. The zero-order chi connectivity index (χ0) is 12.1. The van der Waals surface area contributed by atoms with Gasteiger partial charge in [-0.3, -0.25) is 9.69 Å². The fourth-order valence-corrected chi connectivity index (χ4v) is 2.35. The molecule has 0 aromatic carbocycles. The van der Waals surface area contributed by atoms with Crippen molar-refractivity contribution in [1.29, 1.82) is 0 Å². The van der Waals surface area contributed by atoms with E-state index in [1.807, 2.05) is 11.8 Å². The molecule has 0 saturated carbocycles. The van der Waals surface area contributed by atoms with Gasteiger partial charge in [-0.15, -0.1) is 0 Å². The third-order valence-corrected chi connectivity index (χ3v) is 3.36. The van der Waals surface area contributed by atoms with E-state index >= 15 is 0 Å². The molecular formula is C12H22N2O3. The first-order valence-electron chi connectivity index (χ1n) is 6.49. The number of ether oxygens (including phenoxy) is 2. The molecule has 0 aliphatic carbocycles. The molecule has 0 bridgehead atoms. The van der Waals surface area contributed by atoms with Crippen molar-refractivity contribution in [3.05, 3.63) is 0 Å². The maximum atomic E-state index is 11.6. The van der Waals surface area contributed by atoms with E-state index in [0.717, 1.165) is 45.9 Å². The van der Waals surface area contributed by atoms with Crippen LogP contribution in [-0.2, 0) is 14.3 Å². The highest BCUT2D eigenvalue weighted by Crippen LogP contribution is 2.09. The lowest BCUT2D eigenvalue weighted by atomic mass is 10.2. The van der Waals surface area contributed by atoms with Gasteiger partial charge < -0.3 is 14.4 Å². The quantitative estimate of drug-likeness (QED) is 0.696. The molecule has 17 heavy (non-hydrogen) atoms. The van der Waals surface area contributed by atoms with E-state index in [-0.39, 0.29) is 12.0 Å². The predicted molar refractivity (Wildman–Crippen MR) is 63.9 cm³/mol. The lowest BCUT2D eigenvalue weighted by Gasteiger charge is -2.36. The van der Waals surface area contributed by atoms with E-state index in [1.54, 1.807) is 0 Å². The maximum absolute atomic E-state index is 11.6. The second-order valence-corrected chi connectivity index (χ2v) is 4.60. The number of carbonyl (C=O) groups is 1. The Labute approximate surface area is 103 Å². The highest BCUT2D eigenvalue weighted by molar-refractivity contribution is 5.75. The molecule has 2 aliphatic heterocycles. The number of rotatable bonds is 3. The first-order chi connectivity index (χ1) is 8.29. The molecule has 2 aliphatic rings. The van der Waals surface area contributed by atoms with E-state index in [1.165, 1.54) is 0 Å². The van der Waals surface area contributed by atoms with Crippen molar-refractivity contribution in [3.8, 4) is 0 Å². The van der Waals surface area contributed by atoms with Gasteiger partial charge in [0.1, 0.15) is 0 Å². The Balaban J connectivity index is 1.78. The molecule has 2 saturated heterocycles. The molecule has 0 radical (unpaired) electrons. The minimum atomic E-state index is 0.164. The smallest absolute Gasteiger partial charge is 0.222 e. The van der Waals surface area contributed by atoms with Crippen LogP contribution in [0.3, 0.4) is 0 Å². The Kier molecular flexibility index (Phi) is 4.76. The summed E-state index contributed by atoms with van der Waals surface area (Å²) in [5, 5.41) is 0. The molecule has 0 spiro atoms. The van der Waals surface area contributed by atoms with Crippen LogP contribution < -0.4 is 0 Å². The number of morpholine rings is 2. The topological polar surface area (TPSA) is 42.0 Å². The summed E-state index contributed by atoms with van der Waals surface area (Å²) in [6, 6.07) is 0. The van der Waals surface area contributed by atoms with Gasteiger partial charge >= 0.3 is 0 Å². The number of nitrogens with zero attached hydrogens (tertiary/aromatic N) is 2. The van der Waals surface area contributed by atoms with Crippen molar-refractivity contribution >= 4 is 5.91 Å². The highest BCUT2D eigenvalue weighted by Gasteiger charge is 2.25. The van der Waals surface area contributed by atoms with E-state index in [0.29, 0.717) is 13.0 Å². The van der Waals surface area contributed by atoms with Crippen LogP contribution in [-0.4, -0.2) is 74.4 Å². The lowest BCUT2D eigenvalue weighted by Crippen LogP contribution is -2.51. The van der Waals surface area contributed by atoms with Gasteiger partial charge in [0, 0.05) is 39.1 Å². The lowest BCUT2D eigenvalue weighted by molar-refractivity contribution is -0.139. The normalized spacial score (nSPS) is 27.1. The molecule has 5 nitrogen and oxygen atoms in total. The monoisotopic (exact) mass is 242 g/mol. The van der Waals surface area contributed by atoms with E-state index in [4.69, 9.17) is 9.47 Å². The molecule has 0 aromatic rings. The standard InChI is InChI=1S/C12H22N2O3/c1-2-12(15)14-5-8-17-11(10-14)9-13-3-6-16-7-4-13/h11H,2-10H2,1H3. The molecule has 2 rings (SSSR count). The summed E-state index contributed by atoms with van der Waals surface area (Å²) in [6.45, 7) is 8.54. The third kappa shape index (κ3) is 3.66. The predicted octanol–water partition coefficient (Wildman–Crippen LogP) is -0.0440. The molecular weight excluding hydrogens is 220 g/mol. The largest absolute Gasteiger partial charge is 0.379 e. The van der Waals surface area contributed by atoms with Crippen LogP contribution in [0.5, 0.6) is 0 Å². The minimum absolute atomic E-state index is 0.164. The van der Waals surface area contributed by atoms with Crippen LogP contribution in [0.15, 0.2) is 0 Å². The molecule has 1 amide bonds. The van der Waals surface area contributed by atoms with Crippen LogP contribution in [0, 0.1) is 0 Å². The SMILES string of the molecule is CCC(=O)N1CCOC(CN2CCOCC2)C1. The zero-order valence-electron chi connectivity index (χ0n) is 10.6. The summed E-state index contributed by atoms with van der Waals surface area (Å²) in [5.74, 6) is 0.236. The van der Waals surface area contributed by atoms with Crippen molar-refractivity contribution < 1.29 is 14.3 Å².